The standard InChI is InChI=1S/C16H15ClO2/c17-15-9-5-4-8-14(15)10-11-16(18)19-12-13-6-2-1-3-7-13/h1-9H,10-12H2. The quantitative estimate of drug-likeness (QED) is 0.770. The molecule has 0 radical (unpaired) electrons. The summed E-state index contributed by atoms with van der Waals surface area (Å²) >= 11 is 6.03. The van der Waals surface area contributed by atoms with Crippen LogP contribution < -0.4 is 0 Å². The molecule has 0 aromatic heterocycles. The number of hydrogen-bond acceptors (Lipinski definition) is 2. The summed E-state index contributed by atoms with van der Waals surface area (Å²) in [6, 6.07) is 17.2. The Morgan fingerprint density at radius 3 is 2.42 bits per heavy atom. The van der Waals surface area contributed by atoms with Crippen molar-refractivity contribution in [3.63, 3.8) is 0 Å². The number of aryl methyl sites for hydroxylation is 1. The average molecular weight is 275 g/mol. The molecule has 0 unspecified atom stereocenters. The van der Waals surface area contributed by atoms with Crippen LogP contribution in [0, 0.1) is 0 Å². The Bertz CT molecular complexity index is 537. The number of esters is 1. The van der Waals surface area contributed by atoms with Gasteiger partial charge >= 0.3 is 5.97 Å². The Kier molecular flexibility index (Phi) is 4.99. The summed E-state index contributed by atoms with van der Waals surface area (Å²) in [5.74, 6) is -0.205. The SMILES string of the molecule is O=C(CCc1ccccc1Cl)OCc1ccccc1. The van der Waals surface area contributed by atoms with E-state index >= 15 is 0 Å². The van der Waals surface area contributed by atoms with Crippen LogP contribution in [0.25, 0.3) is 0 Å². The second-order valence-electron chi connectivity index (χ2n) is 4.24. The van der Waals surface area contributed by atoms with E-state index in [9.17, 15) is 4.79 Å². The van der Waals surface area contributed by atoms with Gasteiger partial charge in [-0.25, -0.2) is 0 Å². The lowest BCUT2D eigenvalue weighted by molar-refractivity contribution is -0.144. The predicted octanol–water partition coefficient (Wildman–Crippen LogP) is 4.02. The monoisotopic (exact) mass is 274 g/mol. The third kappa shape index (κ3) is 4.42. The highest BCUT2D eigenvalue weighted by Gasteiger charge is 2.06. The fourth-order valence-corrected chi connectivity index (χ4v) is 1.98. The zero-order chi connectivity index (χ0) is 13.5. The molecule has 0 fully saturated rings. The summed E-state index contributed by atoms with van der Waals surface area (Å²) in [6.07, 6.45) is 0.948. The minimum absolute atomic E-state index is 0.205. The first-order valence-electron chi connectivity index (χ1n) is 6.18. The van der Waals surface area contributed by atoms with Gasteiger partial charge in [-0.05, 0) is 23.6 Å². The van der Waals surface area contributed by atoms with Gasteiger partial charge < -0.3 is 4.74 Å². The number of carbonyl (C=O) groups excluding carboxylic acids is 1. The fourth-order valence-electron chi connectivity index (χ4n) is 1.75. The fraction of sp³-hybridized carbons (Fsp3) is 0.188. The molecule has 2 nitrogen and oxygen atoms in total. The van der Waals surface area contributed by atoms with Crippen molar-refractivity contribution in [2.45, 2.75) is 19.4 Å². The molecule has 0 aliphatic carbocycles. The number of ether oxygens (including phenoxy) is 1. The summed E-state index contributed by atoms with van der Waals surface area (Å²) in [4.78, 5) is 11.6. The first-order chi connectivity index (χ1) is 9.25. The molecule has 0 aliphatic heterocycles. The minimum Gasteiger partial charge on any atom is -0.461 e. The van der Waals surface area contributed by atoms with E-state index in [1.54, 1.807) is 0 Å². The molecule has 98 valence electrons. The number of halogens is 1. The first kappa shape index (κ1) is 13.6. The van der Waals surface area contributed by atoms with E-state index < -0.39 is 0 Å². The molecular formula is C16H15ClO2. The van der Waals surface area contributed by atoms with Crippen molar-refractivity contribution in [1.82, 2.24) is 0 Å². The summed E-state index contributed by atoms with van der Waals surface area (Å²) in [5, 5.41) is 0.693. The molecule has 2 aromatic rings. The predicted molar refractivity (Wildman–Crippen MR) is 76.0 cm³/mol. The molecule has 0 heterocycles. The average Bonchev–Trinajstić information content (AvgIpc) is 2.45. The van der Waals surface area contributed by atoms with E-state index in [2.05, 4.69) is 0 Å². The summed E-state index contributed by atoms with van der Waals surface area (Å²) < 4.78 is 5.21. The molecular weight excluding hydrogens is 260 g/mol. The maximum absolute atomic E-state index is 11.6. The normalized spacial score (nSPS) is 10.2. The van der Waals surface area contributed by atoms with Crippen molar-refractivity contribution in [3.05, 3.63) is 70.7 Å². The molecule has 2 rings (SSSR count). The number of carbonyl (C=O) groups is 1. The summed E-state index contributed by atoms with van der Waals surface area (Å²) in [7, 11) is 0. The molecule has 0 atom stereocenters. The van der Waals surface area contributed by atoms with Crippen molar-refractivity contribution in [3.8, 4) is 0 Å². The summed E-state index contributed by atoms with van der Waals surface area (Å²) in [6.45, 7) is 0.322. The van der Waals surface area contributed by atoms with Crippen molar-refractivity contribution < 1.29 is 9.53 Å². The van der Waals surface area contributed by atoms with Gasteiger partial charge in [0.15, 0.2) is 0 Å². The molecule has 0 aliphatic rings. The Morgan fingerprint density at radius 2 is 1.68 bits per heavy atom. The van der Waals surface area contributed by atoms with Gasteiger partial charge in [-0.3, -0.25) is 4.79 Å². The van der Waals surface area contributed by atoms with E-state index in [-0.39, 0.29) is 5.97 Å². The summed E-state index contributed by atoms with van der Waals surface area (Å²) in [5.41, 5.74) is 1.97. The van der Waals surface area contributed by atoms with Crippen LogP contribution in [0.1, 0.15) is 17.5 Å². The Labute approximate surface area is 118 Å². The van der Waals surface area contributed by atoms with Crippen LogP contribution in [0.3, 0.4) is 0 Å². The molecule has 19 heavy (non-hydrogen) atoms. The molecule has 0 saturated heterocycles. The molecule has 0 bridgehead atoms. The number of rotatable bonds is 5. The van der Waals surface area contributed by atoms with Gasteiger partial charge in [0, 0.05) is 11.4 Å². The highest BCUT2D eigenvalue weighted by molar-refractivity contribution is 6.31. The van der Waals surface area contributed by atoms with E-state index in [1.165, 1.54) is 0 Å². The third-order valence-corrected chi connectivity index (χ3v) is 3.17. The molecule has 0 amide bonds. The van der Waals surface area contributed by atoms with Crippen LogP contribution in [0.15, 0.2) is 54.6 Å². The first-order valence-corrected chi connectivity index (χ1v) is 6.56. The van der Waals surface area contributed by atoms with Gasteiger partial charge in [-0.15, -0.1) is 0 Å². The van der Waals surface area contributed by atoms with Crippen LogP contribution in [0.4, 0.5) is 0 Å². The lowest BCUT2D eigenvalue weighted by atomic mass is 10.1. The van der Waals surface area contributed by atoms with Crippen LogP contribution in [0.2, 0.25) is 5.02 Å². The topological polar surface area (TPSA) is 26.3 Å². The molecule has 3 heteroatoms. The van der Waals surface area contributed by atoms with E-state index in [0.717, 1.165) is 11.1 Å². The lowest BCUT2D eigenvalue weighted by Gasteiger charge is -2.06. The van der Waals surface area contributed by atoms with Crippen molar-refractivity contribution in [2.24, 2.45) is 0 Å². The van der Waals surface area contributed by atoms with Crippen molar-refractivity contribution in [2.75, 3.05) is 0 Å². The molecule has 0 spiro atoms. The molecule has 0 N–H and O–H groups in total. The zero-order valence-corrected chi connectivity index (χ0v) is 11.3. The maximum Gasteiger partial charge on any atom is 0.306 e. The van der Waals surface area contributed by atoms with Crippen LogP contribution in [0.5, 0.6) is 0 Å². The Hall–Kier alpha value is -1.80. The van der Waals surface area contributed by atoms with Crippen molar-refractivity contribution >= 4 is 17.6 Å². The Balaban J connectivity index is 1.78. The molecule has 0 saturated carbocycles. The van der Waals surface area contributed by atoms with Crippen LogP contribution in [-0.4, -0.2) is 5.97 Å². The van der Waals surface area contributed by atoms with Gasteiger partial charge in [-0.1, -0.05) is 60.1 Å². The van der Waals surface area contributed by atoms with E-state index in [1.807, 2.05) is 54.6 Å². The lowest BCUT2D eigenvalue weighted by Crippen LogP contribution is -2.06. The highest BCUT2D eigenvalue weighted by Crippen LogP contribution is 2.16. The van der Waals surface area contributed by atoms with Gasteiger partial charge in [0.05, 0.1) is 0 Å². The van der Waals surface area contributed by atoms with Gasteiger partial charge in [-0.2, -0.15) is 0 Å². The van der Waals surface area contributed by atoms with E-state index in [0.29, 0.717) is 24.5 Å². The van der Waals surface area contributed by atoms with Gasteiger partial charge in [0.1, 0.15) is 6.61 Å². The smallest absolute Gasteiger partial charge is 0.306 e. The number of benzene rings is 2. The zero-order valence-electron chi connectivity index (χ0n) is 10.5. The van der Waals surface area contributed by atoms with E-state index in [4.69, 9.17) is 16.3 Å². The minimum atomic E-state index is -0.205. The van der Waals surface area contributed by atoms with Crippen LogP contribution in [-0.2, 0) is 22.6 Å². The highest BCUT2D eigenvalue weighted by atomic mass is 35.5. The largest absolute Gasteiger partial charge is 0.461 e. The molecule has 2 aromatic carbocycles. The second kappa shape index (κ2) is 6.95. The maximum atomic E-state index is 11.6. The van der Waals surface area contributed by atoms with Crippen LogP contribution >= 0.6 is 11.6 Å². The second-order valence-corrected chi connectivity index (χ2v) is 4.64. The van der Waals surface area contributed by atoms with Gasteiger partial charge in [0.25, 0.3) is 0 Å². The Morgan fingerprint density at radius 1 is 1.00 bits per heavy atom. The number of hydrogen-bond donors (Lipinski definition) is 0. The van der Waals surface area contributed by atoms with Gasteiger partial charge in [0.2, 0.25) is 0 Å². The third-order valence-electron chi connectivity index (χ3n) is 2.80. The van der Waals surface area contributed by atoms with Crippen molar-refractivity contribution in [1.29, 1.82) is 0 Å².